The number of methoxy groups -OCH3 is 1. The predicted octanol–water partition coefficient (Wildman–Crippen LogP) is 3.85. The predicted molar refractivity (Wildman–Crippen MR) is 118 cm³/mol. The van der Waals surface area contributed by atoms with Crippen LogP contribution in [0.3, 0.4) is 0 Å². The number of nitrogens with zero attached hydrogens (tertiary/aromatic N) is 1. The molecular weight excluding hydrogens is 453 g/mol. The summed E-state index contributed by atoms with van der Waals surface area (Å²) in [5.41, 5.74) is 0.704. The molecule has 1 aliphatic rings. The Morgan fingerprint density at radius 3 is 2.59 bits per heavy atom. The Balaban J connectivity index is 1.76. The van der Waals surface area contributed by atoms with Crippen LogP contribution >= 0.6 is 0 Å². The molecule has 1 amide bonds. The monoisotopic (exact) mass is 480 g/mol. The topological polar surface area (TPSA) is 88.1 Å². The van der Waals surface area contributed by atoms with Crippen LogP contribution in [-0.2, 0) is 26.8 Å². The molecule has 7 nitrogen and oxygen atoms in total. The first-order valence-corrected chi connectivity index (χ1v) is 10.8. The van der Waals surface area contributed by atoms with E-state index in [2.05, 4.69) is 5.32 Å². The lowest BCUT2D eigenvalue weighted by molar-refractivity contribution is -0.269. The number of carbonyl (C=O) groups excluding carboxylic acids is 1. The maximum absolute atomic E-state index is 15.5. The van der Waals surface area contributed by atoms with Gasteiger partial charge in [-0.1, -0.05) is 19.9 Å². The number of amides is 1. The number of anilines is 1. The van der Waals surface area contributed by atoms with Crippen LogP contribution in [0.4, 0.5) is 18.9 Å². The van der Waals surface area contributed by atoms with Crippen LogP contribution < -0.4 is 15.0 Å². The highest BCUT2D eigenvalue weighted by Crippen LogP contribution is 2.38. The van der Waals surface area contributed by atoms with Gasteiger partial charge in [-0.3, -0.25) is 9.59 Å². The van der Waals surface area contributed by atoms with Crippen molar-refractivity contribution in [3.05, 3.63) is 58.7 Å². The van der Waals surface area contributed by atoms with Gasteiger partial charge >= 0.3 is 12.0 Å². The normalized spacial score (nSPS) is 14.7. The number of ether oxygens (including phenoxy) is 2. The first kappa shape index (κ1) is 25.5. The van der Waals surface area contributed by atoms with E-state index in [4.69, 9.17) is 14.6 Å². The van der Waals surface area contributed by atoms with Gasteiger partial charge in [-0.25, -0.2) is 8.78 Å². The lowest BCUT2D eigenvalue weighted by Gasteiger charge is -2.26. The van der Waals surface area contributed by atoms with Gasteiger partial charge in [0.15, 0.2) is 11.6 Å². The maximum Gasteiger partial charge on any atom is 0.394 e. The fourth-order valence-electron chi connectivity index (χ4n) is 3.79. The molecule has 0 saturated carbocycles. The highest BCUT2D eigenvalue weighted by Gasteiger charge is 2.40. The highest BCUT2D eigenvalue weighted by atomic mass is 19.2. The first-order valence-electron chi connectivity index (χ1n) is 10.8. The number of halogens is 3. The molecule has 184 valence electrons. The van der Waals surface area contributed by atoms with E-state index in [9.17, 15) is 18.4 Å². The number of rotatable bonds is 10. The van der Waals surface area contributed by atoms with Crippen molar-refractivity contribution in [1.82, 2.24) is 5.32 Å². The number of carboxylic acid groups (broad SMARTS) is 1. The van der Waals surface area contributed by atoms with Crippen molar-refractivity contribution in [2.45, 2.75) is 38.6 Å². The standard InChI is InChI=1S/C24H27F3N2O5/c1-14(2)17-5-6-18(23(26)22(17)25)24(27,33-3)34-16-4-7-19-15(12-16)9-11-29(19)20(30)13-28-10-8-21(31)32/h4-7,12,14,28H,8-11,13H2,1-3H3,(H,31,32). The van der Waals surface area contributed by atoms with Crippen LogP contribution in [0, 0.1) is 11.6 Å². The van der Waals surface area contributed by atoms with E-state index in [1.54, 1.807) is 19.9 Å². The number of fused-ring (bicyclic) bond motifs is 1. The van der Waals surface area contributed by atoms with Gasteiger partial charge in [0.25, 0.3) is 0 Å². The summed E-state index contributed by atoms with van der Waals surface area (Å²) < 4.78 is 54.8. The Hall–Kier alpha value is -3.11. The molecule has 1 aliphatic heterocycles. The molecular formula is C24H27F3N2O5. The molecule has 2 aromatic rings. The zero-order chi connectivity index (χ0) is 25.0. The quantitative estimate of drug-likeness (QED) is 0.397. The molecule has 0 radical (unpaired) electrons. The third-order valence-electron chi connectivity index (χ3n) is 5.61. The molecule has 0 aromatic heterocycles. The Morgan fingerprint density at radius 1 is 1.21 bits per heavy atom. The molecule has 1 heterocycles. The summed E-state index contributed by atoms with van der Waals surface area (Å²) in [6.07, 6.45) is 0.380. The Morgan fingerprint density at radius 2 is 1.94 bits per heavy atom. The minimum Gasteiger partial charge on any atom is -0.481 e. The van der Waals surface area contributed by atoms with E-state index in [1.165, 1.54) is 23.1 Å². The van der Waals surface area contributed by atoms with Crippen molar-refractivity contribution in [3.63, 3.8) is 0 Å². The summed E-state index contributed by atoms with van der Waals surface area (Å²) >= 11 is 0. The van der Waals surface area contributed by atoms with E-state index in [-0.39, 0.29) is 42.6 Å². The summed E-state index contributed by atoms with van der Waals surface area (Å²) in [6, 6.07) is 3.82. The summed E-state index contributed by atoms with van der Waals surface area (Å²) in [5.74, 6) is -4.02. The van der Waals surface area contributed by atoms with Crippen molar-refractivity contribution in [2.75, 3.05) is 31.6 Å². The van der Waals surface area contributed by atoms with E-state index < -0.39 is 29.2 Å². The van der Waals surface area contributed by atoms with Crippen molar-refractivity contribution in [2.24, 2.45) is 0 Å². The van der Waals surface area contributed by atoms with E-state index in [0.717, 1.165) is 13.2 Å². The minimum absolute atomic E-state index is 0.0183. The number of benzene rings is 2. The minimum atomic E-state index is -3.07. The molecule has 0 fully saturated rings. The lowest BCUT2D eigenvalue weighted by Crippen LogP contribution is -2.37. The van der Waals surface area contributed by atoms with Crippen LogP contribution in [0.1, 0.15) is 42.9 Å². The van der Waals surface area contributed by atoms with Gasteiger partial charge in [-0.2, -0.15) is 4.39 Å². The largest absolute Gasteiger partial charge is 0.481 e. The van der Waals surface area contributed by atoms with Crippen LogP contribution in [0.5, 0.6) is 5.75 Å². The fraction of sp³-hybridized carbons (Fsp3) is 0.417. The molecule has 10 heteroatoms. The molecule has 34 heavy (non-hydrogen) atoms. The molecule has 0 saturated heterocycles. The summed E-state index contributed by atoms with van der Waals surface area (Å²) in [5, 5.41) is 11.4. The molecule has 0 spiro atoms. The SMILES string of the molecule is COC(F)(Oc1ccc2c(c1)CCN2C(=O)CNCCC(=O)O)c1ccc(C(C)C)c(F)c1F. The van der Waals surface area contributed by atoms with Gasteiger partial charge in [0.05, 0.1) is 18.5 Å². The van der Waals surface area contributed by atoms with Crippen LogP contribution in [0.15, 0.2) is 30.3 Å². The van der Waals surface area contributed by atoms with Gasteiger partial charge in [0.1, 0.15) is 5.75 Å². The number of carbonyl (C=O) groups is 2. The highest BCUT2D eigenvalue weighted by molar-refractivity contribution is 5.96. The maximum atomic E-state index is 15.5. The number of alkyl halides is 1. The third-order valence-corrected chi connectivity index (χ3v) is 5.61. The lowest BCUT2D eigenvalue weighted by atomic mass is 9.99. The summed E-state index contributed by atoms with van der Waals surface area (Å²) in [6.45, 7) is 3.91. The number of hydrogen-bond acceptors (Lipinski definition) is 5. The molecule has 0 aliphatic carbocycles. The second kappa shape index (κ2) is 10.4. The van der Waals surface area contributed by atoms with Gasteiger partial charge < -0.3 is 24.8 Å². The number of aliphatic carboxylic acids is 1. The summed E-state index contributed by atoms with van der Waals surface area (Å²) in [7, 11) is 0.985. The van der Waals surface area contributed by atoms with Crippen molar-refractivity contribution >= 4 is 17.6 Å². The van der Waals surface area contributed by atoms with Gasteiger partial charge in [-0.15, -0.1) is 0 Å². The first-order chi connectivity index (χ1) is 16.1. The molecule has 1 atom stereocenters. The second-order valence-corrected chi connectivity index (χ2v) is 8.23. The zero-order valence-electron chi connectivity index (χ0n) is 19.2. The van der Waals surface area contributed by atoms with Crippen molar-refractivity contribution in [1.29, 1.82) is 0 Å². The fourth-order valence-corrected chi connectivity index (χ4v) is 3.79. The summed E-state index contributed by atoms with van der Waals surface area (Å²) in [4.78, 5) is 24.6. The zero-order valence-corrected chi connectivity index (χ0v) is 19.2. The van der Waals surface area contributed by atoms with Crippen LogP contribution in [0.25, 0.3) is 0 Å². The second-order valence-electron chi connectivity index (χ2n) is 8.23. The number of carboxylic acids is 1. The molecule has 3 rings (SSSR count). The Bertz CT molecular complexity index is 1080. The molecule has 0 bridgehead atoms. The van der Waals surface area contributed by atoms with Crippen LogP contribution in [-0.4, -0.2) is 43.7 Å². The third kappa shape index (κ3) is 5.34. The molecule has 2 aromatic carbocycles. The van der Waals surface area contributed by atoms with Crippen LogP contribution in [0.2, 0.25) is 0 Å². The number of hydrogen-bond donors (Lipinski definition) is 2. The molecule has 2 N–H and O–H groups in total. The van der Waals surface area contributed by atoms with Gasteiger partial charge in [-0.05, 0) is 47.7 Å². The smallest absolute Gasteiger partial charge is 0.394 e. The van der Waals surface area contributed by atoms with Gasteiger partial charge in [0, 0.05) is 25.9 Å². The van der Waals surface area contributed by atoms with Gasteiger partial charge in [0.2, 0.25) is 5.91 Å². The van der Waals surface area contributed by atoms with Crippen molar-refractivity contribution < 1.29 is 37.3 Å². The van der Waals surface area contributed by atoms with E-state index >= 15 is 4.39 Å². The average molecular weight is 480 g/mol. The Labute approximate surface area is 195 Å². The Kier molecular flexibility index (Phi) is 7.83. The average Bonchev–Trinajstić information content (AvgIpc) is 3.21. The van der Waals surface area contributed by atoms with E-state index in [0.29, 0.717) is 24.2 Å². The molecule has 1 unspecified atom stereocenters. The van der Waals surface area contributed by atoms with Crippen molar-refractivity contribution in [3.8, 4) is 5.75 Å². The van der Waals surface area contributed by atoms with E-state index in [1.807, 2.05) is 0 Å². The number of nitrogens with one attached hydrogen (secondary N) is 1.